The lowest BCUT2D eigenvalue weighted by atomic mass is 10.1. The van der Waals surface area contributed by atoms with Gasteiger partial charge in [-0.3, -0.25) is 0 Å². The van der Waals surface area contributed by atoms with E-state index in [1.807, 2.05) is 0 Å². The summed E-state index contributed by atoms with van der Waals surface area (Å²) in [5, 5.41) is 5.63. The molecule has 0 aromatic carbocycles. The van der Waals surface area contributed by atoms with E-state index in [0.717, 1.165) is 23.1 Å². The first-order valence-corrected chi connectivity index (χ1v) is 8.23. The lowest BCUT2D eigenvalue weighted by Gasteiger charge is -2.27. The van der Waals surface area contributed by atoms with E-state index < -0.39 is 0 Å². The van der Waals surface area contributed by atoms with Gasteiger partial charge in [-0.1, -0.05) is 39.0 Å². The summed E-state index contributed by atoms with van der Waals surface area (Å²) < 4.78 is 0. The van der Waals surface area contributed by atoms with Gasteiger partial charge < -0.3 is 5.32 Å². The van der Waals surface area contributed by atoms with Crippen molar-refractivity contribution in [3.63, 3.8) is 0 Å². The van der Waals surface area contributed by atoms with Gasteiger partial charge in [-0.25, -0.2) is 0 Å². The molecule has 0 radical (unpaired) electrons. The molecular weight excluding hydrogens is 214 g/mol. The Morgan fingerprint density at radius 3 is 2.38 bits per heavy atom. The van der Waals surface area contributed by atoms with Crippen molar-refractivity contribution in [2.45, 2.75) is 81.3 Å². The zero-order valence-corrected chi connectivity index (χ0v) is 11.5. The normalized spacial score (nSPS) is 32.8. The Morgan fingerprint density at radius 1 is 0.938 bits per heavy atom. The van der Waals surface area contributed by atoms with Gasteiger partial charge in [0.25, 0.3) is 0 Å². The van der Waals surface area contributed by atoms with Crippen LogP contribution in [0.3, 0.4) is 0 Å². The van der Waals surface area contributed by atoms with Crippen molar-refractivity contribution in [3.8, 4) is 0 Å². The summed E-state index contributed by atoms with van der Waals surface area (Å²) >= 11 is 2.33. The van der Waals surface area contributed by atoms with E-state index in [1.165, 1.54) is 57.8 Å². The van der Waals surface area contributed by atoms with E-state index in [1.54, 1.807) is 0 Å². The van der Waals surface area contributed by atoms with Crippen LogP contribution in [0.5, 0.6) is 0 Å². The molecule has 0 amide bonds. The number of nitrogens with one attached hydrogen (secondary N) is 1. The highest BCUT2D eigenvalue weighted by atomic mass is 32.2. The molecule has 94 valence electrons. The SMILES string of the molecule is CCNC1CCCCCC1SC1CCCC1. The van der Waals surface area contributed by atoms with Crippen LogP contribution in [-0.2, 0) is 0 Å². The third kappa shape index (κ3) is 3.66. The third-order valence-electron chi connectivity index (χ3n) is 4.09. The first-order valence-electron chi connectivity index (χ1n) is 7.29. The molecule has 0 saturated heterocycles. The van der Waals surface area contributed by atoms with Crippen LogP contribution in [0.2, 0.25) is 0 Å². The molecular formula is C14H27NS. The summed E-state index contributed by atoms with van der Waals surface area (Å²) in [7, 11) is 0. The van der Waals surface area contributed by atoms with Gasteiger partial charge in [0.1, 0.15) is 0 Å². The second-order valence-corrected chi connectivity index (χ2v) is 6.93. The van der Waals surface area contributed by atoms with Crippen LogP contribution in [0.4, 0.5) is 0 Å². The van der Waals surface area contributed by atoms with Crippen LogP contribution in [0.25, 0.3) is 0 Å². The maximum absolute atomic E-state index is 3.73. The number of hydrogen-bond donors (Lipinski definition) is 1. The summed E-state index contributed by atoms with van der Waals surface area (Å²) in [6, 6.07) is 0.804. The van der Waals surface area contributed by atoms with Gasteiger partial charge in [0.05, 0.1) is 0 Å². The Morgan fingerprint density at radius 2 is 1.62 bits per heavy atom. The summed E-state index contributed by atoms with van der Waals surface area (Å²) in [6.07, 6.45) is 13.2. The van der Waals surface area contributed by atoms with Gasteiger partial charge in [0.15, 0.2) is 0 Å². The zero-order valence-electron chi connectivity index (χ0n) is 10.7. The first kappa shape index (κ1) is 12.8. The van der Waals surface area contributed by atoms with Crippen molar-refractivity contribution in [2.24, 2.45) is 0 Å². The molecule has 0 bridgehead atoms. The second kappa shape index (κ2) is 6.90. The highest BCUT2D eigenvalue weighted by Gasteiger charge is 2.27. The highest BCUT2D eigenvalue weighted by molar-refractivity contribution is 8.00. The van der Waals surface area contributed by atoms with Gasteiger partial charge in [0, 0.05) is 16.5 Å². The van der Waals surface area contributed by atoms with Crippen molar-refractivity contribution in [2.75, 3.05) is 6.54 Å². The third-order valence-corrected chi connectivity index (χ3v) is 5.86. The van der Waals surface area contributed by atoms with Crippen molar-refractivity contribution in [3.05, 3.63) is 0 Å². The van der Waals surface area contributed by atoms with E-state index in [0.29, 0.717) is 0 Å². The van der Waals surface area contributed by atoms with Crippen molar-refractivity contribution in [1.82, 2.24) is 5.32 Å². The molecule has 2 aliphatic carbocycles. The van der Waals surface area contributed by atoms with Crippen LogP contribution in [-0.4, -0.2) is 23.1 Å². The van der Waals surface area contributed by atoms with Crippen LogP contribution in [0.1, 0.15) is 64.7 Å². The zero-order chi connectivity index (χ0) is 11.2. The van der Waals surface area contributed by atoms with Gasteiger partial charge in [-0.05, 0) is 32.2 Å². The lowest BCUT2D eigenvalue weighted by molar-refractivity contribution is 0.481. The molecule has 2 saturated carbocycles. The minimum atomic E-state index is 0.804. The molecule has 0 aliphatic heterocycles. The van der Waals surface area contributed by atoms with E-state index in [2.05, 4.69) is 24.0 Å². The standard InChI is InChI=1S/C14H27NS/c1-2-15-13-10-4-3-5-11-14(13)16-12-8-6-7-9-12/h12-15H,2-11H2,1H3. The molecule has 2 heteroatoms. The Balaban J connectivity index is 1.85. The maximum atomic E-state index is 3.73. The Labute approximate surface area is 105 Å². The molecule has 2 aliphatic rings. The largest absolute Gasteiger partial charge is 0.313 e. The average molecular weight is 241 g/mol. The Bertz CT molecular complexity index is 189. The van der Waals surface area contributed by atoms with Crippen molar-refractivity contribution in [1.29, 1.82) is 0 Å². The van der Waals surface area contributed by atoms with Gasteiger partial charge >= 0.3 is 0 Å². The Hall–Kier alpha value is 0.310. The number of hydrogen-bond acceptors (Lipinski definition) is 2. The van der Waals surface area contributed by atoms with E-state index >= 15 is 0 Å². The minimum Gasteiger partial charge on any atom is -0.313 e. The molecule has 0 spiro atoms. The topological polar surface area (TPSA) is 12.0 Å². The summed E-state index contributed by atoms with van der Waals surface area (Å²) in [4.78, 5) is 0. The fourth-order valence-electron chi connectivity index (χ4n) is 3.20. The van der Waals surface area contributed by atoms with Crippen LogP contribution in [0, 0.1) is 0 Å². The van der Waals surface area contributed by atoms with Gasteiger partial charge in [0.2, 0.25) is 0 Å². The Kier molecular flexibility index (Phi) is 5.51. The molecule has 2 unspecified atom stereocenters. The minimum absolute atomic E-state index is 0.804. The molecule has 1 nitrogen and oxygen atoms in total. The summed E-state index contributed by atoms with van der Waals surface area (Å²) in [5.74, 6) is 0. The summed E-state index contributed by atoms with van der Waals surface area (Å²) in [6.45, 7) is 3.40. The molecule has 2 fully saturated rings. The monoisotopic (exact) mass is 241 g/mol. The van der Waals surface area contributed by atoms with Crippen molar-refractivity contribution >= 4 is 11.8 Å². The highest BCUT2D eigenvalue weighted by Crippen LogP contribution is 2.37. The van der Waals surface area contributed by atoms with Crippen LogP contribution >= 0.6 is 11.8 Å². The fraction of sp³-hybridized carbons (Fsp3) is 1.00. The van der Waals surface area contributed by atoms with Crippen LogP contribution in [0.15, 0.2) is 0 Å². The molecule has 0 heterocycles. The first-order chi connectivity index (χ1) is 7.90. The van der Waals surface area contributed by atoms with Gasteiger partial charge in [-0.15, -0.1) is 0 Å². The predicted octanol–water partition coefficient (Wildman–Crippen LogP) is 3.97. The molecule has 1 N–H and O–H groups in total. The lowest BCUT2D eigenvalue weighted by Crippen LogP contribution is -2.38. The quantitative estimate of drug-likeness (QED) is 0.747. The summed E-state index contributed by atoms with van der Waals surface area (Å²) in [5.41, 5.74) is 0. The van der Waals surface area contributed by atoms with Crippen molar-refractivity contribution < 1.29 is 0 Å². The average Bonchev–Trinajstić information content (AvgIpc) is 2.69. The molecule has 0 aromatic heterocycles. The molecule has 2 atom stereocenters. The number of thioether (sulfide) groups is 1. The van der Waals surface area contributed by atoms with E-state index in [9.17, 15) is 0 Å². The van der Waals surface area contributed by atoms with E-state index in [4.69, 9.17) is 0 Å². The fourth-order valence-corrected chi connectivity index (χ4v) is 5.03. The smallest absolute Gasteiger partial charge is 0.0203 e. The van der Waals surface area contributed by atoms with E-state index in [-0.39, 0.29) is 0 Å². The molecule has 2 rings (SSSR count). The van der Waals surface area contributed by atoms with Gasteiger partial charge in [-0.2, -0.15) is 11.8 Å². The molecule has 0 aromatic rings. The maximum Gasteiger partial charge on any atom is 0.0203 e. The van der Waals surface area contributed by atoms with Crippen LogP contribution < -0.4 is 5.32 Å². The second-order valence-electron chi connectivity index (χ2n) is 5.38. The number of rotatable bonds is 4. The predicted molar refractivity (Wildman–Crippen MR) is 74.2 cm³/mol. The molecule has 16 heavy (non-hydrogen) atoms.